The minimum Gasteiger partial charge on any atom is -0.336 e. The number of piperidine rings is 1. The van der Waals surface area contributed by atoms with Crippen LogP contribution in [-0.2, 0) is 0 Å². The van der Waals surface area contributed by atoms with Gasteiger partial charge in [0, 0.05) is 36.3 Å². The number of benzene rings is 2. The predicted molar refractivity (Wildman–Crippen MR) is 122 cm³/mol. The maximum Gasteiger partial charge on any atom is 0.274 e. The minimum absolute atomic E-state index is 0.000713. The molecule has 158 valence electrons. The molecule has 0 saturated carbocycles. The molecule has 1 aliphatic rings. The Kier molecular flexibility index (Phi) is 5.13. The molecule has 4 aromatic rings. The lowest BCUT2D eigenvalue weighted by Gasteiger charge is -2.30. The molecule has 1 atom stereocenters. The van der Waals surface area contributed by atoms with E-state index in [1.165, 1.54) is 0 Å². The van der Waals surface area contributed by atoms with Crippen LogP contribution in [-0.4, -0.2) is 44.7 Å². The average Bonchev–Trinajstić information content (AvgIpc) is 3.29. The van der Waals surface area contributed by atoms with Crippen molar-refractivity contribution in [3.8, 4) is 23.0 Å². The fourth-order valence-electron chi connectivity index (χ4n) is 4.15. The van der Waals surface area contributed by atoms with E-state index in [-0.39, 0.29) is 11.9 Å². The third kappa shape index (κ3) is 3.72. The van der Waals surface area contributed by atoms with Crippen molar-refractivity contribution in [1.82, 2.24) is 19.7 Å². The third-order valence-corrected chi connectivity index (χ3v) is 5.81. The first-order valence-electron chi connectivity index (χ1n) is 10.6. The Hall–Kier alpha value is -4.02. The van der Waals surface area contributed by atoms with E-state index in [2.05, 4.69) is 11.1 Å². The summed E-state index contributed by atoms with van der Waals surface area (Å²) in [5, 5.41) is 14.8. The van der Waals surface area contributed by atoms with Crippen molar-refractivity contribution in [1.29, 1.82) is 5.26 Å². The standard InChI is InChI=1S/C25H22N6O/c26-15-17-5-7-18(8-6-17)24-14-23(25(32)30-12-2-4-20(27)16-30)29-31(24)21-9-10-22-19(13-21)3-1-11-28-22/h1,3,5-11,13-14,20H,2,4,12,16,27H2/t20-/m1/s1. The lowest BCUT2D eigenvalue weighted by atomic mass is 10.1. The molecule has 7 heteroatoms. The normalized spacial score (nSPS) is 16.1. The number of aromatic nitrogens is 3. The van der Waals surface area contributed by atoms with Gasteiger partial charge >= 0.3 is 0 Å². The topological polar surface area (TPSA) is 101 Å². The van der Waals surface area contributed by atoms with Crippen LogP contribution < -0.4 is 5.73 Å². The molecule has 1 saturated heterocycles. The molecule has 0 unspecified atom stereocenters. The number of fused-ring (bicyclic) bond motifs is 1. The highest BCUT2D eigenvalue weighted by Crippen LogP contribution is 2.27. The molecule has 7 nitrogen and oxygen atoms in total. The molecular weight excluding hydrogens is 400 g/mol. The van der Waals surface area contributed by atoms with Crippen LogP contribution in [0.15, 0.2) is 66.9 Å². The Morgan fingerprint density at radius 3 is 2.75 bits per heavy atom. The molecule has 2 N–H and O–H groups in total. The smallest absolute Gasteiger partial charge is 0.274 e. The first-order chi connectivity index (χ1) is 15.6. The van der Waals surface area contributed by atoms with Crippen LogP contribution in [0.5, 0.6) is 0 Å². The number of hydrogen-bond donors (Lipinski definition) is 1. The van der Waals surface area contributed by atoms with E-state index in [1.54, 1.807) is 27.9 Å². The molecule has 32 heavy (non-hydrogen) atoms. The molecule has 0 radical (unpaired) electrons. The van der Waals surface area contributed by atoms with Crippen LogP contribution in [0.25, 0.3) is 27.8 Å². The van der Waals surface area contributed by atoms with Gasteiger partial charge in [0.25, 0.3) is 5.91 Å². The first-order valence-corrected chi connectivity index (χ1v) is 10.6. The summed E-state index contributed by atoms with van der Waals surface area (Å²) in [5.74, 6) is -0.115. The van der Waals surface area contributed by atoms with Crippen LogP contribution >= 0.6 is 0 Å². The summed E-state index contributed by atoms with van der Waals surface area (Å²) < 4.78 is 1.78. The Bertz CT molecular complexity index is 1330. The zero-order valence-electron chi connectivity index (χ0n) is 17.5. The van der Waals surface area contributed by atoms with Crippen molar-refractivity contribution in [3.05, 3.63) is 78.1 Å². The number of likely N-dealkylation sites (tertiary alicyclic amines) is 1. The monoisotopic (exact) mass is 422 g/mol. The Morgan fingerprint density at radius 2 is 1.97 bits per heavy atom. The van der Waals surface area contributed by atoms with Crippen LogP contribution in [0.1, 0.15) is 28.9 Å². The van der Waals surface area contributed by atoms with Crippen LogP contribution in [0.3, 0.4) is 0 Å². The Balaban J connectivity index is 1.61. The quantitative estimate of drug-likeness (QED) is 0.544. The van der Waals surface area contributed by atoms with E-state index in [9.17, 15) is 4.79 Å². The second kappa shape index (κ2) is 8.25. The molecule has 1 amide bonds. The fourth-order valence-corrected chi connectivity index (χ4v) is 4.15. The Labute approximate surface area is 185 Å². The van der Waals surface area contributed by atoms with Gasteiger partial charge < -0.3 is 10.6 Å². The maximum atomic E-state index is 13.2. The highest BCUT2D eigenvalue weighted by atomic mass is 16.2. The van der Waals surface area contributed by atoms with Gasteiger partial charge in [-0.3, -0.25) is 9.78 Å². The SMILES string of the molecule is N#Cc1ccc(-c2cc(C(=O)N3CCC[C@@H](N)C3)nn2-c2ccc3ncccc3c2)cc1. The zero-order valence-corrected chi connectivity index (χ0v) is 17.5. The molecule has 0 aliphatic carbocycles. The van der Waals surface area contributed by atoms with Crippen molar-refractivity contribution in [2.75, 3.05) is 13.1 Å². The van der Waals surface area contributed by atoms with Crippen molar-refractivity contribution in [2.24, 2.45) is 5.73 Å². The largest absolute Gasteiger partial charge is 0.336 e. The molecule has 0 bridgehead atoms. The number of rotatable bonds is 3. The Morgan fingerprint density at radius 1 is 1.12 bits per heavy atom. The second-order valence-electron chi connectivity index (χ2n) is 8.05. The molecule has 1 aliphatic heterocycles. The maximum absolute atomic E-state index is 13.2. The molecule has 2 aromatic heterocycles. The summed E-state index contributed by atoms with van der Waals surface area (Å²) in [7, 11) is 0. The van der Waals surface area contributed by atoms with Gasteiger partial charge in [0.2, 0.25) is 0 Å². The average molecular weight is 422 g/mol. The molecule has 5 rings (SSSR count). The van der Waals surface area contributed by atoms with Gasteiger partial charge in [-0.25, -0.2) is 4.68 Å². The minimum atomic E-state index is -0.115. The molecule has 1 fully saturated rings. The number of nitriles is 1. The van der Waals surface area contributed by atoms with E-state index in [0.717, 1.165) is 40.7 Å². The highest BCUT2D eigenvalue weighted by molar-refractivity contribution is 5.94. The number of carbonyl (C=O) groups excluding carboxylic acids is 1. The van der Waals surface area contributed by atoms with Crippen molar-refractivity contribution in [2.45, 2.75) is 18.9 Å². The lowest BCUT2D eigenvalue weighted by molar-refractivity contribution is 0.0702. The lowest BCUT2D eigenvalue weighted by Crippen LogP contribution is -2.45. The van der Waals surface area contributed by atoms with Gasteiger partial charge in [-0.2, -0.15) is 10.4 Å². The van der Waals surface area contributed by atoms with Crippen LogP contribution in [0.4, 0.5) is 0 Å². The van der Waals surface area contributed by atoms with Crippen molar-refractivity contribution < 1.29 is 4.79 Å². The summed E-state index contributed by atoms with van der Waals surface area (Å²) in [6, 6.07) is 21.0. The first kappa shape index (κ1) is 19.9. The van der Waals surface area contributed by atoms with Crippen molar-refractivity contribution >= 4 is 16.8 Å². The third-order valence-electron chi connectivity index (χ3n) is 5.81. The van der Waals surface area contributed by atoms with E-state index in [1.807, 2.05) is 48.5 Å². The summed E-state index contributed by atoms with van der Waals surface area (Å²) in [5.41, 5.74) is 10.4. The number of nitrogens with two attached hydrogens (primary N) is 1. The molecule has 2 aromatic carbocycles. The van der Waals surface area contributed by atoms with Gasteiger partial charge in [0.05, 0.1) is 28.5 Å². The molecule has 3 heterocycles. The van der Waals surface area contributed by atoms with Gasteiger partial charge in [-0.05, 0) is 55.3 Å². The van der Waals surface area contributed by atoms with Gasteiger partial charge in [-0.15, -0.1) is 0 Å². The van der Waals surface area contributed by atoms with E-state index < -0.39 is 0 Å². The second-order valence-corrected chi connectivity index (χ2v) is 8.05. The number of carbonyl (C=O) groups is 1. The summed E-state index contributed by atoms with van der Waals surface area (Å²) in [6.45, 7) is 1.23. The highest BCUT2D eigenvalue weighted by Gasteiger charge is 2.25. The number of hydrogen-bond acceptors (Lipinski definition) is 5. The molecule has 0 spiro atoms. The van der Waals surface area contributed by atoms with Gasteiger partial charge in [0.15, 0.2) is 5.69 Å². The summed E-state index contributed by atoms with van der Waals surface area (Å²) >= 11 is 0. The number of nitrogens with zero attached hydrogens (tertiary/aromatic N) is 5. The van der Waals surface area contributed by atoms with Gasteiger partial charge in [-0.1, -0.05) is 18.2 Å². The van der Waals surface area contributed by atoms with E-state index in [4.69, 9.17) is 16.1 Å². The number of amides is 1. The van der Waals surface area contributed by atoms with Gasteiger partial charge in [0.1, 0.15) is 0 Å². The molecular formula is C25H22N6O. The predicted octanol–water partition coefficient (Wildman–Crippen LogP) is 3.52. The number of pyridine rings is 1. The van der Waals surface area contributed by atoms with Crippen LogP contribution in [0.2, 0.25) is 0 Å². The zero-order chi connectivity index (χ0) is 22.1. The van der Waals surface area contributed by atoms with E-state index >= 15 is 0 Å². The summed E-state index contributed by atoms with van der Waals surface area (Å²) in [4.78, 5) is 19.4. The van der Waals surface area contributed by atoms with Crippen molar-refractivity contribution in [3.63, 3.8) is 0 Å². The van der Waals surface area contributed by atoms with E-state index in [0.29, 0.717) is 24.3 Å². The summed E-state index contributed by atoms with van der Waals surface area (Å²) in [6.07, 6.45) is 3.59. The fraction of sp³-hybridized carbons (Fsp3) is 0.200. The van der Waals surface area contributed by atoms with Crippen LogP contribution in [0, 0.1) is 11.3 Å².